The molecule has 0 aliphatic heterocycles. The second kappa shape index (κ2) is 7.47. The molecular weight excluding hydrogens is 114 g/mol. The van der Waals surface area contributed by atoms with Gasteiger partial charge in [-0.05, 0) is 6.42 Å². The fourth-order valence-electron chi connectivity index (χ4n) is 0.555. The topological polar surface area (TPSA) is 29.1 Å². The molecule has 0 fully saturated rings. The van der Waals surface area contributed by atoms with E-state index in [1.807, 2.05) is 0 Å². The Kier molecular flexibility index (Phi) is 7.03. The van der Waals surface area contributed by atoms with E-state index in [1.54, 1.807) is 6.54 Å². The predicted octanol–water partition coefficient (Wildman–Crippen LogP) is 1.29. The SMILES string of the molecule is [CH2]CCCC[CH]NC=O. The van der Waals surface area contributed by atoms with Crippen LogP contribution in [0, 0.1) is 13.5 Å². The van der Waals surface area contributed by atoms with E-state index in [4.69, 9.17) is 0 Å². The number of amides is 1. The normalized spacial score (nSPS) is 9.00. The van der Waals surface area contributed by atoms with Crippen LogP contribution in [0.3, 0.4) is 0 Å². The first kappa shape index (κ1) is 8.47. The number of unbranched alkanes of at least 4 members (excludes halogenated alkanes) is 3. The van der Waals surface area contributed by atoms with Gasteiger partial charge in [-0.1, -0.05) is 26.2 Å². The molecule has 1 amide bonds. The first-order chi connectivity index (χ1) is 4.41. The van der Waals surface area contributed by atoms with Crippen LogP contribution in [0.1, 0.15) is 25.7 Å². The summed E-state index contributed by atoms with van der Waals surface area (Å²) in [5, 5.41) is 2.48. The van der Waals surface area contributed by atoms with Crippen LogP contribution in [0.2, 0.25) is 0 Å². The Hall–Kier alpha value is -0.530. The van der Waals surface area contributed by atoms with Crippen molar-refractivity contribution in [2.45, 2.75) is 25.7 Å². The van der Waals surface area contributed by atoms with Crippen molar-refractivity contribution in [3.05, 3.63) is 13.5 Å². The minimum absolute atomic E-state index is 0.685. The highest BCUT2D eigenvalue weighted by molar-refractivity contribution is 5.46. The van der Waals surface area contributed by atoms with E-state index < -0.39 is 0 Å². The highest BCUT2D eigenvalue weighted by atomic mass is 16.1. The average Bonchev–Trinajstić information content (AvgIpc) is 1.89. The number of nitrogens with one attached hydrogen (secondary N) is 1. The third-order valence-corrected chi connectivity index (χ3v) is 1.03. The van der Waals surface area contributed by atoms with E-state index in [9.17, 15) is 4.79 Å². The molecule has 0 saturated heterocycles. The van der Waals surface area contributed by atoms with Gasteiger partial charge in [0.25, 0.3) is 0 Å². The molecule has 0 spiro atoms. The van der Waals surface area contributed by atoms with Crippen LogP contribution in [-0.2, 0) is 4.79 Å². The van der Waals surface area contributed by atoms with E-state index >= 15 is 0 Å². The van der Waals surface area contributed by atoms with Crippen LogP contribution >= 0.6 is 0 Å². The van der Waals surface area contributed by atoms with Crippen molar-refractivity contribution in [2.24, 2.45) is 0 Å². The number of carbonyl (C=O) groups is 1. The van der Waals surface area contributed by atoms with Crippen molar-refractivity contribution >= 4 is 6.41 Å². The average molecular weight is 127 g/mol. The van der Waals surface area contributed by atoms with Crippen molar-refractivity contribution in [1.82, 2.24) is 5.32 Å². The smallest absolute Gasteiger partial charge is 0.207 e. The van der Waals surface area contributed by atoms with Gasteiger partial charge in [-0.15, -0.1) is 0 Å². The third kappa shape index (κ3) is 7.47. The standard InChI is InChI=1S/C7H13NO/c1-2-3-4-5-6-8-7-9/h6-7H,1-5H2,(H,8,9). The predicted molar refractivity (Wildman–Crippen MR) is 37.3 cm³/mol. The van der Waals surface area contributed by atoms with Crippen molar-refractivity contribution < 1.29 is 4.79 Å². The van der Waals surface area contributed by atoms with Gasteiger partial charge in [-0.25, -0.2) is 0 Å². The third-order valence-electron chi connectivity index (χ3n) is 1.03. The van der Waals surface area contributed by atoms with Crippen molar-refractivity contribution in [2.75, 3.05) is 0 Å². The van der Waals surface area contributed by atoms with Gasteiger partial charge in [0.05, 0.1) is 0 Å². The summed E-state index contributed by atoms with van der Waals surface area (Å²) in [5.41, 5.74) is 0. The van der Waals surface area contributed by atoms with Crippen molar-refractivity contribution in [3.8, 4) is 0 Å². The Morgan fingerprint density at radius 2 is 2.22 bits per heavy atom. The molecule has 0 bridgehead atoms. The summed E-state index contributed by atoms with van der Waals surface area (Å²) in [6.45, 7) is 5.47. The van der Waals surface area contributed by atoms with E-state index in [2.05, 4.69) is 12.2 Å². The van der Waals surface area contributed by atoms with Crippen molar-refractivity contribution in [1.29, 1.82) is 0 Å². The molecule has 52 valence electrons. The number of rotatable bonds is 6. The van der Waals surface area contributed by atoms with Crippen LogP contribution in [0.15, 0.2) is 0 Å². The molecule has 0 aliphatic carbocycles. The zero-order valence-electron chi connectivity index (χ0n) is 5.60. The van der Waals surface area contributed by atoms with E-state index in [1.165, 1.54) is 0 Å². The summed E-state index contributed by atoms with van der Waals surface area (Å²) in [6.07, 6.45) is 4.87. The lowest BCUT2D eigenvalue weighted by Gasteiger charge is -1.95. The molecule has 0 aromatic heterocycles. The molecule has 0 saturated carbocycles. The first-order valence-corrected chi connectivity index (χ1v) is 3.22. The summed E-state index contributed by atoms with van der Waals surface area (Å²) >= 11 is 0. The van der Waals surface area contributed by atoms with E-state index in [-0.39, 0.29) is 0 Å². The molecule has 1 N–H and O–H groups in total. The van der Waals surface area contributed by atoms with E-state index in [0.29, 0.717) is 6.41 Å². The second-order valence-electron chi connectivity index (χ2n) is 1.84. The maximum absolute atomic E-state index is 9.68. The highest BCUT2D eigenvalue weighted by Crippen LogP contribution is 1.98. The molecule has 0 heterocycles. The fourth-order valence-corrected chi connectivity index (χ4v) is 0.555. The quantitative estimate of drug-likeness (QED) is 0.422. The van der Waals surface area contributed by atoms with Crippen LogP contribution in [-0.4, -0.2) is 6.41 Å². The lowest BCUT2D eigenvalue weighted by Crippen LogP contribution is -2.05. The maximum Gasteiger partial charge on any atom is 0.207 e. The van der Waals surface area contributed by atoms with Gasteiger partial charge in [-0.3, -0.25) is 4.79 Å². The van der Waals surface area contributed by atoms with Gasteiger partial charge < -0.3 is 5.32 Å². The van der Waals surface area contributed by atoms with Gasteiger partial charge in [-0.2, -0.15) is 0 Å². The zero-order chi connectivity index (χ0) is 6.95. The Bertz CT molecular complexity index is 63.9. The Morgan fingerprint density at radius 3 is 2.78 bits per heavy atom. The molecule has 0 atom stereocenters. The van der Waals surface area contributed by atoms with Gasteiger partial charge >= 0.3 is 0 Å². The molecule has 9 heavy (non-hydrogen) atoms. The number of hydrogen-bond donors (Lipinski definition) is 1. The maximum atomic E-state index is 9.68. The summed E-state index contributed by atoms with van der Waals surface area (Å²) in [5.74, 6) is 0. The van der Waals surface area contributed by atoms with Gasteiger partial charge in [0.15, 0.2) is 0 Å². The molecule has 2 heteroatoms. The summed E-state index contributed by atoms with van der Waals surface area (Å²) in [6, 6.07) is 0. The highest BCUT2D eigenvalue weighted by Gasteiger charge is 1.84. The molecule has 0 aromatic carbocycles. The van der Waals surface area contributed by atoms with E-state index in [0.717, 1.165) is 25.7 Å². The summed E-state index contributed by atoms with van der Waals surface area (Å²) in [7, 11) is 0. The minimum atomic E-state index is 0.685. The van der Waals surface area contributed by atoms with Crippen LogP contribution in [0.4, 0.5) is 0 Å². The molecule has 0 unspecified atom stereocenters. The minimum Gasteiger partial charge on any atom is -0.354 e. The Labute approximate surface area is 56.6 Å². The zero-order valence-corrected chi connectivity index (χ0v) is 5.60. The molecule has 0 rings (SSSR count). The number of carbonyl (C=O) groups excluding carboxylic acids is 1. The Morgan fingerprint density at radius 1 is 1.44 bits per heavy atom. The lowest BCUT2D eigenvalue weighted by molar-refractivity contribution is -0.109. The van der Waals surface area contributed by atoms with Crippen molar-refractivity contribution in [3.63, 3.8) is 0 Å². The second-order valence-corrected chi connectivity index (χ2v) is 1.84. The van der Waals surface area contributed by atoms with Crippen LogP contribution in [0.5, 0.6) is 0 Å². The fraction of sp³-hybridized carbons (Fsp3) is 0.571. The molecule has 2 nitrogen and oxygen atoms in total. The monoisotopic (exact) mass is 127 g/mol. The molecule has 0 aromatic rings. The largest absolute Gasteiger partial charge is 0.354 e. The Balaban J connectivity index is 2.66. The van der Waals surface area contributed by atoms with Gasteiger partial charge in [0.1, 0.15) is 0 Å². The molecular formula is C7H13NO. The first-order valence-electron chi connectivity index (χ1n) is 3.22. The lowest BCUT2D eigenvalue weighted by atomic mass is 10.2. The van der Waals surface area contributed by atoms with Crippen LogP contribution in [0.25, 0.3) is 0 Å². The summed E-state index contributed by atoms with van der Waals surface area (Å²) < 4.78 is 0. The molecule has 2 radical (unpaired) electrons. The molecule has 0 aliphatic rings. The van der Waals surface area contributed by atoms with Crippen LogP contribution < -0.4 is 5.32 Å². The summed E-state index contributed by atoms with van der Waals surface area (Å²) in [4.78, 5) is 9.68. The van der Waals surface area contributed by atoms with Gasteiger partial charge in [0, 0.05) is 6.54 Å². The van der Waals surface area contributed by atoms with Gasteiger partial charge in [0.2, 0.25) is 6.41 Å². The number of hydrogen-bond acceptors (Lipinski definition) is 1.